The van der Waals surface area contributed by atoms with Crippen LogP contribution in [0.3, 0.4) is 0 Å². The van der Waals surface area contributed by atoms with E-state index in [4.69, 9.17) is 0 Å². The molecular formula is C18H24ClN5O2. The Bertz CT molecular complexity index is 731. The van der Waals surface area contributed by atoms with Crippen LogP contribution in [0.25, 0.3) is 0 Å². The Morgan fingerprint density at radius 3 is 2.62 bits per heavy atom. The summed E-state index contributed by atoms with van der Waals surface area (Å²) in [6.45, 7) is 2.97. The molecule has 1 aliphatic carbocycles. The van der Waals surface area contributed by atoms with Crippen LogP contribution in [0.1, 0.15) is 25.8 Å². The smallest absolute Gasteiger partial charge is 0.248 e. The topological polar surface area (TPSA) is 88.0 Å². The number of aromatic nitrogens is 2. The Labute approximate surface area is 159 Å². The number of halogens is 1. The first-order valence-corrected chi connectivity index (χ1v) is 8.52. The molecule has 140 valence electrons. The van der Waals surface area contributed by atoms with Gasteiger partial charge in [-0.3, -0.25) is 14.3 Å². The number of benzene rings is 1. The zero-order valence-electron chi connectivity index (χ0n) is 14.6. The molecule has 1 aromatic carbocycles. The van der Waals surface area contributed by atoms with E-state index < -0.39 is 6.04 Å². The van der Waals surface area contributed by atoms with Gasteiger partial charge >= 0.3 is 0 Å². The van der Waals surface area contributed by atoms with E-state index >= 15 is 0 Å². The summed E-state index contributed by atoms with van der Waals surface area (Å²) >= 11 is 0. The van der Waals surface area contributed by atoms with Crippen LogP contribution in [0.5, 0.6) is 0 Å². The molecule has 1 heterocycles. The van der Waals surface area contributed by atoms with Gasteiger partial charge in [0.25, 0.3) is 0 Å². The van der Waals surface area contributed by atoms with E-state index in [-0.39, 0.29) is 24.2 Å². The predicted molar refractivity (Wildman–Crippen MR) is 103 cm³/mol. The van der Waals surface area contributed by atoms with Gasteiger partial charge in [0.2, 0.25) is 11.8 Å². The fraction of sp³-hybridized carbons (Fsp3) is 0.389. The van der Waals surface area contributed by atoms with Gasteiger partial charge < -0.3 is 16.0 Å². The second-order valence-electron chi connectivity index (χ2n) is 6.35. The molecule has 0 saturated heterocycles. The fourth-order valence-electron chi connectivity index (χ4n) is 2.47. The third-order valence-corrected chi connectivity index (χ3v) is 4.13. The molecule has 0 spiro atoms. The average molecular weight is 378 g/mol. The molecule has 1 saturated carbocycles. The fourth-order valence-corrected chi connectivity index (χ4v) is 2.47. The van der Waals surface area contributed by atoms with Crippen LogP contribution in [-0.2, 0) is 9.59 Å². The lowest BCUT2D eigenvalue weighted by Crippen LogP contribution is -2.29. The Morgan fingerprint density at radius 1 is 1.23 bits per heavy atom. The van der Waals surface area contributed by atoms with Crippen molar-refractivity contribution in [3.63, 3.8) is 0 Å². The summed E-state index contributed by atoms with van der Waals surface area (Å²) in [5, 5.41) is 12.9. The second-order valence-corrected chi connectivity index (χ2v) is 6.35. The van der Waals surface area contributed by atoms with E-state index in [1.165, 1.54) is 12.8 Å². The van der Waals surface area contributed by atoms with Gasteiger partial charge in [-0.1, -0.05) is 6.07 Å². The molecule has 1 unspecified atom stereocenters. The molecular weight excluding hydrogens is 354 g/mol. The van der Waals surface area contributed by atoms with Gasteiger partial charge in [-0.25, -0.2) is 0 Å². The number of rotatable bonds is 8. The Morgan fingerprint density at radius 2 is 1.96 bits per heavy atom. The van der Waals surface area contributed by atoms with E-state index in [9.17, 15) is 9.59 Å². The van der Waals surface area contributed by atoms with Gasteiger partial charge in [0, 0.05) is 23.8 Å². The van der Waals surface area contributed by atoms with Crippen LogP contribution >= 0.6 is 12.4 Å². The number of carbonyl (C=O) groups excluding carboxylic acids is 2. The average Bonchev–Trinajstić information content (AvgIpc) is 3.25. The van der Waals surface area contributed by atoms with E-state index in [1.807, 2.05) is 0 Å². The Hall–Kier alpha value is -2.38. The second kappa shape index (κ2) is 9.35. The number of hydrogen-bond donors (Lipinski definition) is 3. The van der Waals surface area contributed by atoms with Crippen molar-refractivity contribution in [2.45, 2.75) is 25.8 Å². The first-order valence-electron chi connectivity index (χ1n) is 8.52. The Kier molecular flexibility index (Phi) is 7.17. The minimum atomic E-state index is -0.417. The van der Waals surface area contributed by atoms with Crippen LogP contribution in [0.4, 0.5) is 11.4 Å². The molecule has 3 rings (SSSR count). The first-order chi connectivity index (χ1) is 12.1. The molecule has 1 fully saturated rings. The highest BCUT2D eigenvalue weighted by molar-refractivity contribution is 5.96. The summed E-state index contributed by atoms with van der Waals surface area (Å²) in [5.41, 5.74) is 1.29. The summed E-state index contributed by atoms with van der Waals surface area (Å²) < 4.78 is 1.59. The molecule has 2 amide bonds. The summed E-state index contributed by atoms with van der Waals surface area (Å²) in [6, 6.07) is 8.48. The SMILES string of the molecule is CC(C(=O)Nc1cccc(NC(=O)CNCC2CC2)c1)n1cccn1.Cl. The molecule has 7 nitrogen and oxygen atoms in total. The Balaban J connectivity index is 0.00000243. The van der Waals surface area contributed by atoms with Crippen molar-refractivity contribution < 1.29 is 9.59 Å². The summed E-state index contributed by atoms with van der Waals surface area (Å²) in [4.78, 5) is 24.2. The van der Waals surface area contributed by atoms with Crippen LogP contribution in [-0.4, -0.2) is 34.7 Å². The number of hydrogen-bond acceptors (Lipinski definition) is 4. The maximum atomic E-state index is 12.3. The lowest BCUT2D eigenvalue weighted by molar-refractivity contribution is -0.119. The number of nitrogens with zero attached hydrogens (tertiary/aromatic N) is 2. The molecule has 1 aromatic heterocycles. The number of carbonyl (C=O) groups is 2. The first kappa shape index (κ1) is 19.9. The maximum Gasteiger partial charge on any atom is 0.248 e. The van der Waals surface area contributed by atoms with Gasteiger partial charge in [0.1, 0.15) is 6.04 Å². The molecule has 2 aromatic rings. The number of amides is 2. The van der Waals surface area contributed by atoms with Crippen molar-refractivity contribution in [1.82, 2.24) is 15.1 Å². The lowest BCUT2D eigenvalue weighted by atomic mass is 10.2. The molecule has 0 bridgehead atoms. The highest BCUT2D eigenvalue weighted by Crippen LogP contribution is 2.27. The quantitative estimate of drug-likeness (QED) is 0.659. The van der Waals surface area contributed by atoms with Crippen molar-refractivity contribution in [1.29, 1.82) is 0 Å². The van der Waals surface area contributed by atoms with E-state index in [0.29, 0.717) is 17.9 Å². The zero-order chi connectivity index (χ0) is 17.6. The van der Waals surface area contributed by atoms with Crippen molar-refractivity contribution in [2.24, 2.45) is 5.92 Å². The molecule has 1 aliphatic rings. The van der Waals surface area contributed by atoms with E-state index in [1.54, 1.807) is 54.3 Å². The molecule has 8 heteroatoms. The zero-order valence-corrected chi connectivity index (χ0v) is 15.5. The van der Waals surface area contributed by atoms with Crippen molar-refractivity contribution >= 4 is 35.6 Å². The molecule has 0 aliphatic heterocycles. The third kappa shape index (κ3) is 5.86. The van der Waals surface area contributed by atoms with Gasteiger partial charge in [0.15, 0.2) is 0 Å². The predicted octanol–water partition coefficient (Wildman–Crippen LogP) is 2.44. The summed E-state index contributed by atoms with van der Waals surface area (Å²) in [5.74, 6) is 0.482. The van der Waals surface area contributed by atoms with Crippen LogP contribution in [0.2, 0.25) is 0 Å². The minimum absolute atomic E-state index is 0. The monoisotopic (exact) mass is 377 g/mol. The maximum absolute atomic E-state index is 12.3. The van der Waals surface area contributed by atoms with Gasteiger partial charge in [0.05, 0.1) is 6.54 Å². The van der Waals surface area contributed by atoms with Gasteiger partial charge in [-0.15, -0.1) is 12.4 Å². The highest BCUT2D eigenvalue weighted by atomic mass is 35.5. The summed E-state index contributed by atoms with van der Waals surface area (Å²) in [6.07, 6.45) is 5.90. The number of nitrogens with one attached hydrogen (secondary N) is 3. The van der Waals surface area contributed by atoms with Crippen molar-refractivity contribution in [3.05, 3.63) is 42.7 Å². The molecule has 26 heavy (non-hydrogen) atoms. The number of anilines is 2. The standard InChI is InChI=1S/C18H23N5O2.ClH/c1-13(23-9-3-8-20-23)18(25)22-16-5-2-4-15(10-16)21-17(24)12-19-11-14-6-7-14;/h2-5,8-10,13-14,19H,6-7,11-12H2,1H3,(H,21,24)(H,22,25);1H. The van der Waals surface area contributed by atoms with Crippen molar-refractivity contribution in [2.75, 3.05) is 23.7 Å². The van der Waals surface area contributed by atoms with Crippen molar-refractivity contribution in [3.8, 4) is 0 Å². The lowest BCUT2D eigenvalue weighted by Gasteiger charge is -2.13. The minimum Gasteiger partial charge on any atom is -0.325 e. The van der Waals surface area contributed by atoms with Crippen LogP contribution < -0.4 is 16.0 Å². The molecule has 1 atom stereocenters. The van der Waals surface area contributed by atoms with Gasteiger partial charge in [-0.05, 0) is 56.5 Å². The summed E-state index contributed by atoms with van der Waals surface area (Å²) in [7, 11) is 0. The van der Waals surface area contributed by atoms with Gasteiger partial charge in [-0.2, -0.15) is 5.10 Å². The molecule has 3 N–H and O–H groups in total. The normalized spacial score (nSPS) is 14.2. The van der Waals surface area contributed by atoms with Crippen LogP contribution in [0.15, 0.2) is 42.7 Å². The van der Waals surface area contributed by atoms with Crippen LogP contribution in [0, 0.1) is 5.92 Å². The highest BCUT2D eigenvalue weighted by Gasteiger charge is 2.20. The largest absolute Gasteiger partial charge is 0.325 e. The van der Waals surface area contributed by atoms with E-state index in [2.05, 4.69) is 21.0 Å². The molecule has 0 radical (unpaired) electrons. The third-order valence-electron chi connectivity index (χ3n) is 4.13. The van der Waals surface area contributed by atoms with E-state index in [0.717, 1.165) is 12.5 Å².